The minimum Gasteiger partial charge on any atom is -0.357 e. The van der Waals surface area contributed by atoms with E-state index in [1.54, 1.807) is 12.1 Å². The van der Waals surface area contributed by atoms with Gasteiger partial charge in [0.25, 0.3) is 5.69 Å². The molecule has 0 aromatic heterocycles. The second-order valence-electron chi connectivity index (χ2n) is 6.22. The zero-order chi connectivity index (χ0) is 16.7. The van der Waals surface area contributed by atoms with Gasteiger partial charge in [0, 0.05) is 24.7 Å². The molecule has 0 aliphatic heterocycles. The Kier molecular flexibility index (Phi) is 9.02. The molecule has 0 radical (unpaired) electrons. The third kappa shape index (κ3) is 6.62. The van der Waals surface area contributed by atoms with Gasteiger partial charge >= 0.3 is 0 Å². The molecule has 134 valence electrons. The molecule has 1 aliphatic carbocycles. The van der Waals surface area contributed by atoms with Crippen molar-refractivity contribution in [3.05, 3.63) is 39.9 Å². The number of non-ortho nitro benzene ring substituents is 1. The number of nitro groups is 1. The SMILES string of the molecule is CCNC(=NCc1cccc([N+](=O)[O-])c1)NC1CCC(C)CC1.I. The number of hydrogen-bond acceptors (Lipinski definition) is 3. The molecule has 2 rings (SSSR count). The highest BCUT2D eigenvalue weighted by molar-refractivity contribution is 14.0. The number of nitrogens with zero attached hydrogens (tertiary/aromatic N) is 2. The molecule has 0 amide bonds. The number of guanidine groups is 1. The summed E-state index contributed by atoms with van der Waals surface area (Å²) < 4.78 is 0. The van der Waals surface area contributed by atoms with Crippen molar-refractivity contribution < 1.29 is 4.92 Å². The summed E-state index contributed by atoms with van der Waals surface area (Å²) in [6.07, 6.45) is 4.84. The van der Waals surface area contributed by atoms with E-state index < -0.39 is 0 Å². The molecule has 24 heavy (non-hydrogen) atoms. The van der Waals surface area contributed by atoms with E-state index in [2.05, 4.69) is 22.5 Å². The van der Waals surface area contributed by atoms with Crippen molar-refractivity contribution in [2.24, 2.45) is 10.9 Å². The maximum absolute atomic E-state index is 10.8. The van der Waals surface area contributed by atoms with Crippen LogP contribution in [0.4, 0.5) is 5.69 Å². The van der Waals surface area contributed by atoms with Crippen LogP contribution in [0.15, 0.2) is 29.3 Å². The van der Waals surface area contributed by atoms with Crippen LogP contribution in [0.2, 0.25) is 0 Å². The maximum Gasteiger partial charge on any atom is 0.269 e. The summed E-state index contributed by atoms with van der Waals surface area (Å²) >= 11 is 0. The molecule has 1 fully saturated rings. The van der Waals surface area contributed by atoms with Crippen LogP contribution in [0.1, 0.15) is 45.1 Å². The molecule has 6 nitrogen and oxygen atoms in total. The highest BCUT2D eigenvalue weighted by Crippen LogP contribution is 2.23. The Hall–Kier alpha value is -1.38. The molecule has 0 atom stereocenters. The summed E-state index contributed by atoms with van der Waals surface area (Å²) in [5, 5.41) is 17.6. The summed E-state index contributed by atoms with van der Waals surface area (Å²) in [6, 6.07) is 7.11. The van der Waals surface area contributed by atoms with Gasteiger partial charge in [0.1, 0.15) is 0 Å². The first-order valence-corrected chi connectivity index (χ1v) is 8.36. The molecule has 0 unspecified atom stereocenters. The monoisotopic (exact) mass is 446 g/mol. The molecule has 2 N–H and O–H groups in total. The Morgan fingerprint density at radius 2 is 2.04 bits per heavy atom. The zero-order valence-electron chi connectivity index (χ0n) is 14.3. The number of aliphatic imine (C=N–C) groups is 1. The largest absolute Gasteiger partial charge is 0.357 e. The van der Waals surface area contributed by atoms with Gasteiger partial charge in [0.2, 0.25) is 0 Å². The topological polar surface area (TPSA) is 79.6 Å². The molecule has 0 heterocycles. The highest BCUT2D eigenvalue weighted by Gasteiger charge is 2.18. The van der Waals surface area contributed by atoms with Gasteiger partial charge in [-0.2, -0.15) is 0 Å². The number of nitrogens with one attached hydrogen (secondary N) is 2. The average Bonchev–Trinajstić information content (AvgIpc) is 2.55. The lowest BCUT2D eigenvalue weighted by molar-refractivity contribution is -0.384. The molecule has 1 aromatic carbocycles. The quantitative estimate of drug-likeness (QED) is 0.237. The molecule has 1 saturated carbocycles. The standard InChI is InChI=1S/C17H26N4O2.HI/c1-3-18-17(20-15-9-7-13(2)8-10-15)19-12-14-5-4-6-16(11-14)21(22)23;/h4-6,11,13,15H,3,7-10,12H2,1-2H3,(H2,18,19,20);1H. The lowest BCUT2D eigenvalue weighted by Crippen LogP contribution is -2.44. The van der Waals surface area contributed by atoms with Crippen LogP contribution in [0.5, 0.6) is 0 Å². The van der Waals surface area contributed by atoms with Gasteiger partial charge in [-0.1, -0.05) is 19.1 Å². The van der Waals surface area contributed by atoms with Gasteiger partial charge in [0.15, 0.2) is 5.96 Å². The normalized spacial score (nSPS) is 20.8. The lowest BCUT2D eigenvalue weighted by atomic mass is 9.87. The van der Waals surface area contributed by atoms with Crippen molar-refractivity contribution in [1.82, 2.24) is 10.6 Å². The van der Waals surface area contributed by atoms with Gasteiger partial charge in [-0.15, -0.1) is 24.0 Å². The third-order valence-electron chi connectivity index (χ3n) is 4.24. The first-order valence-electron chi connectivity index (χ1n) is 8.36. The Balaban J connectivity index is 0.00000288. The molecular weight excluding hydrogens is 419 g/mol. The van der Waals surface area contributed by atoms with Gasteiger partial charge in [0.05, 0.1) is 11.5 Å². The molecule has 0 saturated heterocycles. The van der Waals surface area contributed by atoms with E-state index in [1.165, 1.54) is 31.7 Å². The Morgan fingerprint density at radius 1 is 1.33 bits per heavy atom. The van der Waals surface area contributed by atoms with Crippen molar-refractivity contribution in [2.75, 3.05) is 6.54 Å². The first kappa shape index (κ1) is 20.7. The second-order valence-corrected chi connectivity index (χ2v) is 6.22. The number of halogens is 1. The molecule has 0 bridgehead atoms. The summed E-state index contributed by atoms with van der Waals surface area (Å²) in [6.45, 7) is 5.56. The fourth-order valence-electron chi connectivity index (χ4n) is 2.86. The lowest BCUT2D eigenvalue weighted by Gasteiger charge is -2.28. The Labute approximate surface area is 160 Å². The second kappa shape index (κ2) is 10.5. The molecule has 7 heteroatoms. The minimum atomic E-state index is -0.375. The van der Waals surface area contributed by atoms with Crippen molar-refractivity contribution in [3.63, 3.8) is 0 Å². The van der Waals surface area contributed by atoms with Crippen LogP contribution in [0, 0.1) is 16.0 Å². The average molecular weight is 446 g/mol. The van der Waals surface area contributed by atoms with E-state index in [1.807, 2.05) is 13.0 Å². The summed E-state index contributed by atoms with van der Waals surface area (Å²) in [5.41, 5.74) is 0.950. The van der Waals surface area contributed by atoms with E-state index >= 15 is 0 Å². The molecule has 0 spiro atoms. The van der Waals surface area contributed by atoms with Crippen LogP contribution in [-0.2, 0) is 6.54 Å². The van der Waals surface area contributed by atoms with E-state index in [0.717, 1.165) is 24.0 Å². The number of benzene rings is 1. The minimum absolute atomic E-state index is 0. The van der Waals surface area contributed by atoms with Gasteiger partial charge < -0.3 is 10.6 Å². The molecule has 1 aromatic rings. The van der Waals surface area contributed by atoms with E-state index in [4.69, 9.17) is 0 Å². The number of rotatable bonds is 5. The number of nitro benzene ring substituents is 1. The zero-order valence-corrected chi connectivity index (χ0v) is 16.7. The predicted molar refractivity (Wildman–Crippen MR) is 108 cm³/mol. The van der Waals surface area contributed by atoms with E-state index in [9.17, 15) is 10.1 Å². The van der Waals surface area contributed by atoms with Crippen LogP contribution in [0.3, 0.4) is 0 Å². The van der Waals surface area contributed by atoms with Crippen LogP contribution >= 0.6 is 24.0 Å². The Morgan fingerprint density at radius 3 is 2.67 bits per heavy atom. The van der Waals surface area contributed by atoms with Crippen molar-refractivity contribution in [1.29, 1.82) is 0 Å². The smallest absolute Gasteiger partial charge is 0.269 e. The van der Waals surface area contributed by atoms with Crippen LogP contribution in [0.25, 0.3) is 0 Å². The summed E-state index contributed by atoms with van der Waals surface area (Å²) in [7, 11) is 0. The highest BCUT2D eigenvalue weighted by atomic mass is 127. The van der Waals surface area contributed by atoms with Crippen molar-refractivity contribution in [3.8, 4) is 0 Å². The molecular formula is C17H27IN4O2. The fraction of sp³-hybridized carbons (Fsp3) is 0.588. The maximum atomic E-state index is 10.8. The van der Waals surface area contributed by atoms with Crippen LogP contribution < -0.4 is 10.6 Å². The van der Waals surface area contributed by atoms with Crippen LogP contribution in [-0.4, -0.2) is 23.5 Å². The first-order chi connectivity index (χ1) is 11.1. The summed E-state index contributed by atoms with van der Waals surface area (Å²) in [5.74, 6) is 1.61. The number of hydrogen-bond donors (Lipinski definition) is 2. The predicted octanol–water partition coefficient (Wildman–Crippen LogP) is 3.85. The van der Waals surface area contributed by atoms with Gasteiger partial charge in [-0.25, -0.2) is 4.99 Å². The molecule has 1 aliphatic rings. The van der Waals surface area contributed by atoms with Gasteiger partial charge in [-0.05, 0) is 44.1 Å². The van der Waals surface area contributed by atoms with Crippen molar-refractivity contribution >= 4 is 35.6 Å². The van der Waals surface area contributed by atoms with E-state index in [-0.39, 0.29) is 34.6 Å². The third-order valence-corrected chi connectivity index (χ3v) is 4.24. The Bertz CT molecular complexity index is 557. The van der Waals surface area contributed by atoms with Gasteiger partial charge in [-0.3, -0.25) is 10.1 Å². The fourth-order valence-corrected chi connectivity index (χ4v) is 2.86. The summed E-state index contributed by atoms with van der Waals surface area (Å²) in [4.78, 5) is 15.0. The van der Waals surface area contributed by atoms with E-state index in [0.29, 0.717) is 12.6 Å². The van der Waals surface area contributed by atoms with Crippen molar-refractivity contribution in [2.45, 2.75) is 52.1 Å².